The average molecular weight is 277 g/mol. The summed E-state index contributed by atoms with van der Waals surface area (Å²) in [5.74, 6) is -0.0867. The molecule has 0 aliphatic rings. The number of rotatable bonds is 2. The van der Waals surface area contributed by atoms with Crippen LogP contribution in [0.2, 0.25) is 0 Å². The van der Waals surface area contributed by atoms with Crippen LogP contribution in [-0.4, -0.2) is 25.2 Å². The number of nitrogens with one attached hydrogen (secondary N) is 1. The Balaban J connectivity index is 2.11. The monoisotopic (exact) mass is 277 g/mol. The fourth-order valence-corrected chi connectivity index (χ4v) is 1.84. The lowest BCUT2D eigenvalue weighted by Crippen LogP contribution is -1.99. The van der Waals surface area contributed by atoms with Gasteiger partial charge in [0.25, 0.3) is 10.7 Å². The minimum atomic E-state index is -0.341. The third-order valence-corrected chi connectivity index (χ3v) is 2.76. The first kappa shape index (κ1) is 11.7. The minimum absolute atomic E-state index is 0.162. The molecule has 0 saturated carbocycles. The Morgan fingerprint density at radius 1 is 1.42 bits per heavy atom. The maximum atomic E-state index is 13.2. The topological polar surface area (TPSA) is 72.5 Å². The van der Waals surface area contributed by atoms with Crippen molar-refractivity contribution in [3.63, 3.8) is 0 Å². The largest absolute Gasteiger partial charge is 0.408 e. The number of aromatic amines is 1. The molecule has 0 aliphatic carbocycles. The highest BCUT2D eigenvalue weighted by Crippen LogP contribution is 2.20. The minimum Gasteiger partial charge on any atom is -0.408 e. The molecule has 0 bridgehead atoms. The molecule has 0 aliphatic heterocycles. The van der Waals surface area contributed by atoms with Gasteiger partial charge in [0.05, 0.1) is 11.4 Å². The molecule has 2 heterocycles. The van der Waals surface area contributed by atoms with Crippen LogP contribution >= 0.6 is 12.2 Å². The van der Waals surface area contributed by atoms with Crippen LogP contribution in [0.4, 0.5) is 4.39 Å². The van der Waals surface area contributed by atoms with Gasteiger partial charge in [0.15, 0.2) is 5.69 Å². The molecular formula is C11H8FN5OS. The summed E-state index contributed by atoms with van der Waals surface area (Å²) in [7, 11) is 0. The van der Waals surface area contributed by atoms with Crippen molar-refractivity contribution in [3.8, 4) is 17.3 Å². The first-order chi connectivity index (χ1) is 9.15. The Morgan fingerprint density at radius 2 is 2.26 bits per heavy atom. The standard InChI is InChI=1S/C11H8FN5OS/c1-6-9(10-14-15-11(19)18-10)13-16-17(6)8-4-2-3-7(12)5-8/h2-5H,1H3,(H,15,19). The van der Waals surface area contributed by atoms with E-state index >= 15 is 0 Å². The van der Waals surface area contributed by atoms with E-state index in [0.29, 0.717) is 17.1 Å². The van der Waals surface area contributed by atoms with E-state index in [-0.39, 0.29) is 16.5 Å². The van der Waals surface area contributed by atoms with Gasteiger partial charge in [-0.2, -0.15) is 0 Å². The molecule has 3 aromatic rings. The van der Waals surface area contributed by atoms with Gasteiger partial charge >= 0.3 is 0 Å². The van der Waals surface area contributed by atoms with Crippen molar-refractivity contribution in [2.45, 2.75) is 6.92 Å². The smallest absolute Gasteiger partial charge is 0.284 e. The Hall–Kier alpha value is -2.35. The van der Waals surface area contributed by atoms with E-state index in [0.717, 1.165) is 0 Å². The van der Waals surface area contributed by atoms with Crippen molar-refractivity contribution in [2.75, 3.05) is 0 Å². The average Bonchev–Trinajstić information content (AvgIpc) is 2.95. The second-order valence-corrected chi connectivity index (χ2v) is 4.20. The van der Waals surface area contributed by atoms with Crippen molar-refractivity contribution in [2.24, 2.45) is 0 Å². The molecule has 0 radical (unpaired) electrons. The van der Waals surface area contributed by atoms with Gasteiger partial charge in [-0.15, -0.1) is 10.2 Å². The molecule has 6 nitrogen and oxygen atoms in total. The lowest BCUT2D eigenvalue weighted by Gasteiger charge is -2.02. The zero-order chi connectivity index (χ0) is 13.4. The maximum Gasteiger partial charge on any atom is 0.284 e. The summed E-state index contributed by atoms with van der Waals surface area (Å²) >= 11 is 4.80. The Labute approximate surface area is 111 Å². The summed E-state index contributed by atoms with van der Waals surface area (Å²) in [6.45, 7) is 1.79. The quantitative estimate of drug-likeness (QED) is 0.728. The predicted molar refractivity (Wildman–Crippen MR) is 66.7 cm³/mol. The van der Waals surface area contributed by atoms with Crippen LogP contribution < -0.4 is 0 Å². The number of hydrogen-bond acceptors (Lipinski definition) is 5. The highest BCUT2D eigenvalue weighted by atomic mass is 32.1. The first-order valence-electron chi connectivity index (χ1n) is 5.39. The molecule has 8 heteroatoms. The van der Waals surface area contributed by atoms with Crippen LogP contribution in [-0.2, 0) is 0 Å². The van der Waals surface area contributed by atoms with E-state index in [9.17, 15) is 4.39 Å². The van der Waals surface area contributed by atoms with Gasteiger partial charge in [-0.3, -0.25) is 0 Å². The molecule has 2 aromatic heterocycles. The van der Waals surface area contributed by atoms with Crippen LogP contribution in [0.25, 0.3) is 17.3 Å². The van der Waals surface area contributed by atoms with E-state index in [4.69, 9.17) is 16.6 Å². The van der Waals surface area contributed by atoms with Crippen molar-refractivity contribution in [1.82, 2.24) is 25.2 Å². The van der Waals surface area contributed by atoms with Gasteiger partial charge in [0.2, 0.25) is 0 Å². The number of halogens is 1. The molecule has 1 N–H and O–H groups in total. The number of H-pyrrole nitrogens is 1. The fraction of sp³-hybridized carbons (Fsp3) is 0.0909. The summed E-state index contributed by atoms with van der Waals surface area (Å²) in [5.41, 5.74) is 1.71. The zero-order valence-electron chi connectivity index (χ0n) is 9.79. The predicted octanol–water partition coefficient (Wildman–Crippen LogP) is 2.43. The SMILES string of the molecule is Cc1c(-c2n[nH]c(=S)o2)nnn1-c1cccc(F)c1. The van der Waals surface area contributed by atoms with Crippen molar-refractivity contribution < 1.29 is 8.81 Å². The van der Waals surface area contributed by atoms with Crippen LogP contribution in [0.1, 0.15) is 5.69 Å². The summed E-state index contributed by atoms with van der Waals surface area (Å²) < 4.78 is 19.9. The molecular weight excluding hydrogens is 269 g/mol. The molecule has 0 saturated heterocycles. The van der Waals surface area contributed by atoms with Gasteiger partial charge < -0.3 is 4.42 Å². The number of hydrogen-bond donors (Lipinski definition) is 1. The summed E-state index contributed by atoms with van der Waals surface area (Å²) in [4.78, 5) is 0.162. The summed E-state index contributed by atoms with van der Waals surface area (Å²) in [6, 6.07) is 6.06. The highest BCUT2D eigenvalue weighted by Gasteiger charge is 2.16. The van der Waals surface area contributed by atoms with E-state index < -0.39 is 0 Å². The molecule has 0 unspecified atom stereocenters. The summed E-state index contributed by atoms with van der Waals surface area (Å²) in [6.07, 6.45) is 0. The highest BCUT2D eigenvalue weighted by molar-refractivity contribution is 7.71. The van der Waals surface area contributed by atoms with E-state index in [2.05, 4.69) is 20.5 Å². The maximum absolute atomic E-state index is 13.2. The van der Waals surface area contributed by atoms with E-state index in [1.165, 1.54) is 16.8 Å². The Morgan fingerprint density at radius 3 is 2.95 bits per heavy atom. The van der Waals surface area contributed by atoms with Gasteiger partial charge in [0, 0.05) is 0 Å². The van der Waals surface area contributed by atoms with Gasteiger partial charge in [-0.25, -0.2) is 14.2 Å². The Kier molecular flexibility index (Phi) is 2.71. The van der Waals surface area contributed by atoms with Gasteiger partial charge in [-0.1, -0.05) is 11.3 Å². The fourth-order valence-electron chi connectivity index (χ4n) is 1.71. The third kappa shape index (κ3) is 2.06. The zero-order valence-corrected chi connectivity index (χ0v) is 10.6. The normalized spacial score (nSPS) is 10.8. The number of nitrogens with zero attached hydrogens (tertiary/aromatic N) is 4. The lowest BCUT2D eigenvalue weighted by molar-refractivity contribution is 0.549. The molecule has 0 fully saturated rings. The third-order valence-electron chi connectivity index (χ3n) is 2.59. The molecule has 1 aromatic carbocycles. The second-order valence-electron chi connectivity index (χ2n) is 3.83. The number of benzene rings is 1. The molecule has 0 amide bonds. The van der Waals surface area contributed by atoms with E-state index in [1.54, 1.807) is 19.1 Å². The number of aromatic nitrogens is 5. The first-order valence-corrected chi connectivity index (χ1v) is 5.80. The van der Waals surface area contributed by atoms with Crippen LogP contribution in [0.3, 0.4) is 0 Å². The van der Waals surface area contributed by atoms with Crippen LogP contribution in [0.5, 0.6) is 0 Å². The summed E-state index contributed by atoms with van der Waals surface area (Å²) in [5, 5.41) is 14.3. The van der Waals surface area contributed by atoms with Crippen molar-refractivity contribution >= 4 is 12.2 Å². The molecule has 0 atom stereocenters. The van der Waals surface area contributed by atoms with Crippen LogP contribution in [0, 0.1) is 17.6 Å². The van der Waals surface area contributed by atoms with Crippen LogP contribution in [0.15, 0.2) is 28.7 Å². The molecule has 96 valence electrons. The molecule has 3 rings (SSSR count). The van der Waals surface area contributed by atoms with Gasteiger partial charge in [0.1, 0.15) is 5.82 Å². The van der Waals surface area contributed by atoms with E-state index in [1.807, 2.05) is 0 Å². The second kappa shape index (κ2) is 4.39. The van der Waals surface area contributed by atoms with Crippen molar-refractivity contribution in [3.05, 3.63) is 40.6 Å². The Bertz CT molecular complexity index is 790. The molecule has 19 heavy (non-hydrogen) atoms. The molecule has 0 spiro atoms. The lowest BCUT2D eigenvalue weighted by atomic mass is 10.3. The van der Waals surface area contributed by atoms with Gasteiger partial charge in [-0.05, 0) is 37.3 Å². The van der Waals surface area contributed by atoms with Crippen molar-refractivity contribution in [1.29, 1.82) is 0 Å².